The van der Waals surface area contributed by atoms with Gasteiger partial charge in [-0.2, -0.15) is 5.26 Å². The van der Waals surface area contributed by atoms with Crippen LogP contribution in [0.15, 0.2) is 18.2 Å². The Kier molecular flexibility index (Phi) is 4.60. The van der Waals surface area contributed by atoms with E-state index in [4.69, 9.17) is 4.74 Å². The van der Waals surface area contributed by atoms with Gasteiger partial charge in [0, 0.05) is 32.2 Å². The highest BCUT2D eigenvalue weighted by atomic mass is 19.1. The quantitative estimate of drug-likeness (QED) is 0.841. The highest BCUT2D eigenvalue weighted by Crippen LogP contribution is 2.27. The summed E-state index contributed by atoms with van der Waals surface area (Å²) in [5, 5.41) is 9.18. The first-order valence-electron chi connectivity index (χ1n) is 7.98. The molecule has 0 aliphatic carbocycles. The van der Waals surface area contributed by atoms with Gasteiger partial charge in [-0.15, -0.1) is 0 Å². The fraction of sp³-hybridized carbons (Fsp3) is 0.588. The van der Waals surface area contributed by atoms with Gasteiger partial charge in [0.25, 0.3) is 0 Å². The average molecular weight is 303 g/mol. The van der Waals surface area contributed by atoms with Crippen LogP contribution in [-0.4, -0.2) is 49.8 Å². The zero-order chi connectivity index (χ0) is 15.5. The van der Waals surface area contributed by atoms with Crippen molar-refractivity contribution >= 4 is 5.69 Å². The summed E-state index contributed by atoms with van der Waals surface area (Å²) < 4.78 is 19.3. The normalized spacial score (nSPS) is 24.2. The van der Waals surface area contributed by atoms with E-state index in [0.29, 0.717) is 12.1 Å². The topological polar surface area (TPSA) is 39.5 Å². The molecular formula is C17H22FN3O. The first-order chi connectivity index (χ1) is 10.7. The second-order valence-electron chi connectivity index (χ2n) is 6.14. The summed E-state index contributed by atoms with van der Waals surface area (Å²) in [5.41, 5.74) is 0.900. The summed E-state index contributed by atoms with van der Waals surface area (Å²) in [6, 6.07) is 7.45. The van der Waals surface area contributed by atoms with Crippen molar-refractivity contribution < 1.29 is 9.13 Å². The number of halogens is 1. The van der Waals surface area contributed by atoms with Gasteiger partial charge in [-0.25, -0.2) is 4.39 Å². The number of piperidine rings is 1. The summed E-state index contributed by atoms with van der Waals surface area (Å²) in [7, 11) is 0. The van der Waals surface area contributed by atoms with Gasteiger partial charge in [0.15, 0.2) is 0 Å². The number of hydrogen-bond donors (Lipinski definition) is 0. The van der Waals surface area contributed by atoms with Gasteiger partial charge >= 0.3 is 0 Å². The second-order valence-corrected chi connectivity index (χ2v) is 6.14. The van der Waals surface area contributed by atoms with Crippen LogP contribution in [0.2, 0.25) is 0 Å². The molecule has 0 saturated carbocycles. The van der Waals surface area contributed by atoms with Crippen molar-refractivity contribution in [2.75, 3.05) is 37.7 Å². The Morgan fingerprint density at radius 2 is 2.05 bits per heavy atom. The fourth-order valence-electron chi connectivity index (χ4n) is 3.54. The van der Waals surface area contributed by atoms with Crippen molar-refractivity contribution in [2.24, 2.45) is 0 Å². The number of benzene rings is 1. The molecule has 0 spiro atoms. The SMILES string of the molecule is C[C@@H]1CN(C2CCN(c3cccc(F)c3C#N)CC2)CCO1. The molecule has 5 heteroatoms. The van der Waals surface area contributed by atoms with Gasteiger partial charge < -0.3 is 9.64 Å². The van der Waals surface area contributed by atoms with Crippen LogP contribution in [0.4, 0.5) is 10.1 Å². The predicted octanol–water partition coefficient (Wildman–Crippen LogP) is 2.39. The third-order valence-corrected chi connectivity index (χ3v) is 4.70. The molecule has 0 unspecified atom stereocenters. The van der Waals surface area contributed by atoms with E-state index >= 15 is 0 Å². The Bertz CT molecular complexity index is 564. The molecule has 0 amide bonds. The molecule has 1 aromatic carbocycles. The van der Waals surface area contributed by atoms with Crippen LogP contribution in [0.1, 0.15) is 25.3 Å². The molecule has 0 bridgehead atoms. The van der Waals surface area contributed by atoms with E-state index in [-0.39, 0.29) is 5.56 Å². The summed E-state index contributed by atoms with van der Waals surface area (Å²) in [6.45, 7) is 6.66. The number of rotatable bonds is 2. The molecule has 2 saturated heterocycles. The lowest BCUT2D eigenvalue weighted by Gasteiger charge is -2.42. The largest absolute Gasteiger partial charge is 0.376 e. The van der Waals surface area contributed by atoms with E-state index in [2.05, 4.69) is 16.7 Å². The van der Waals surface area contributed by atoms with Crippen LogP contribution in [0.3, 0.4) is 0 Å². The molecule has 22 heavy (non-hydrogen) atoms. The van der Waals surface area contributed by atoms with Crippen molar-refractivity contribution in [3.05, 3.63) is 29.6 Å². The summed E-state index contributed by atoms with van der Waals surface area (Å²) in [6.07, 6.45) is 2.41. The summed E-state index contributed by atoms with van der Waals surface area (Å²) in [5.74, 6) is -0.427. The third kappa shape index (κ3) is 3.08. The molecule has 0 radical (unpaired) electrons. The van der Waals surface area contributed by atoms with Gasteiger partial charge in [-0.05, 0) is 31.9 Å². The lowest BCUT2D eigenvalue weighted by atomic mass is 10.0. The molecule has 4 nitrogen and oxygen atoms in total. The lowest BCUT2D eigenvalue weighted by molar-refractivity contribution is -0.0373. The molecule has 3 rings (SSSR count). The molecule has 1 atom stereocenters. The first-order valence-corrected chi connectivity index (χ1v) is 7.98. The Labute approximate surface area is 131 Å². The summed E-state index contributed by atoms with van der Waals surface area (Å²) >= 11 is 0. The highest BCUT2D eigenvalue weighted by molar-refractivity contribution is 5.60. The Hall–Kier alpha value is -1.64. The molecule has 1 aromatic rings. The number of anilines is 1. The van der Waals surface area contributed by atoms with E-state index in [1.54, 1.807) is 6.07 Å². The van der Waals surface area contributed by atoms with Crippen molar-refractivity contribution in [1.29, 1.82) is 5.26 Å². The Morgan fingerprint density at radius 1 is 1.27 bits per heavy atom. The Morgan fingerprint density at radius 3 is 2.73 bits per heavy atom. The van der Waals surface area contributed by atoms with Gasteiger partial charge in [-0.1, -0.05) is 6.07 Å². The zero-order valence-corrected chi connectivity index (χ0v) is 13.0. The molecule has 2 heterocycles. The second kappa shape index (κ2) is 6.64. The maximum absolute atomic E-state index is 13.7. The number of ether oxygens (including phenoxy) is 1. The number of nitrogens with zero attached hydrogens (tertiary/aromatic N) is 3. The number of hydrogen-bond acceptors (Lipinski definition) is 4. The molecule has 0 N–H and O–H groups in total. The molecule has 2 aliphatic rings. The number of nitriles is 1. The van der Waals surface area contributed by atoms with Gasteiger partial charge in [0.05, 0.1) is 18.4 Å². The maximum atomic E-state index is 13.7. The van der Waals surface area contributed by atoms with Crippen LogP contribution >= 0.6 is 0 Å². The van der Waals surface area contributed by atoms with E-state index in [9.17, 15) is 9.65 Å². The fourth-order valence-corrected chi connectivity index (χ4v) is 3.54. The monoisotopic (exact) mass is 303 g/mol. The lowest BCUT2D eigenvalue weighted by Crippen LogP contribution is -2.51. The van der Waals surface area contributed by atoms with Crippen molar-refractivity contribution in [1.82, 2.24) is 4.90 Å². The minimum atomic E-state index is -0.427. The molecule has 2 aliphatic heterocycles. The van der Waals surface area contributed by atoms with E-state index in [0.717, 1.165) is 51.3 Å². The molecule has 118 valence electrons. The van der Waals surface area contributed by atoms with Crippen LogP contribution in [-0.2, 0) is 4.74 Å². The third-order valence-electron chi connectivity index (χ3n) is 4.70. The van der Waals surface area contributed by atoms with Gasteiger partial charge in [0.2, 0.25) is 0 Å². The van der Waals surface area contributed by atoms with Crippen LogP contribution in [0.25, 0.3) is 0 Å². The smallest absolute Gasteiger partial charge is 0.143 e. The Balaban J connectivity index is 1.65. The van der Waals surface area contributed by atoms with Crippen LogP contribution in [0.5, 0.6) is 0 Å². The predicted molar refractivity (Wildman–Crippen MR) is 83.3 cm³/mol. The van der Waals surface area contributed by atoms with Crippen molar-refractivity contribution in [3.63, 3.8) is 0 Å². The van der Waals surface area contributed by atoms with Crippen LogP contribution in [0, 0.1) is 17.1 Å². The van der Waals surface area contributed by atoms with E-state index in [1.165, 1.54) is 6.07 Å². The summed E-state index contributed by atoms with van der Waals surface area (Å²) in [4.78, 5) is 4.66. The molecule has 0 aromatic heterocycles. The zero-order valence-electron chi connectivity index (χ0n) is 13.0. The van der Waals surface area contributed by atoms with Crippen molar-refractivity contribution in [2.45, 2.75) is 31.9 Å². The maximum Gasteiger partial charge on any atom is 0.143 e. The standard InChI is InChI=1S/C17H22FN3O/c1-13-12-21(9-10-22-13)14-5-7-20(8-6-14)17-4-2-3-16(18)15(17)11-19/h2-4,13-14H,5-10,12H2,1H3/t13-/m1/s1. The highest BCUT2D eigenvalue weighted by Gasteiger charge is 2.28. The average Bonchev–Trinajstić information content (AvgIpc) is 2.55. The number of morpholine rings is 1. The van der Waals surface area contributed by atoms with E-state index in [1.807, 2.05) is 12.1 Å². The van der Waals surface area contributed by atoms with Gasteiger partial charge in [0.1, 0.15) is 17.4 Å². The van der Waals surface area contributed by atoms with Crippen molar-refractivity contribution in [3.8, 4) is 6.07 Å². The molecule has 2 fully saturated rings. The van der Waals surface area contributed by atoms with Gasteiger partial charge in [-0.3, -0.25) is 4.90 Å². The van der Waals surface area contributed by atoms with E-state index < -0.39 is 5.82 Å². The molecular weight excluding hydrogens is 281 g/mol. The first kappa shape index (κ1) is 15.3. The van der Waals surface area contributed by atoms with Crippen LogP contribution < -0.4 is 4.90 Å². The minimum Gasteiger partial charge on any atom is -0.376 e. The minimum absolute atomic E-state index is 0.168.